The molecule has 0 unspecified atom stereocenters. The predicted molar refractivity (Wildman–Crippen MR) is 113 cm³/mol. The third-order valence-corrected chi connectivity index (χ3v) is 6.51. The summed E-state index contributed by atoms with van der Waals surface area (Å²) in [5.74, 6) is -1.84. The molecule has 0 heterocycles. The Kier molecular flexibility index (Phi) is 6.12. The molecule has 158 valence electrons. The second kappa shape index (κ2) is 8.79. The average Bonchev–Trinajstić information content (AvgIpc) is 3.09. The van der Waals surface area contributed by atoms with Gasteiger partial charge >= 0.3 is 0 Å². The minimum absolute atomic E-state index is 0.0948. The van der Waals surface area contributed by atoms with E-state index >= 15 is 0 Å². The van der Waals surface area contributed by atoms with Crippen LogP contribution in [-0.2, 0) is 12.8 Å². The zero-order valence-corrected chi connectivity index (χ0v) is 17.2. The molecule has 0 atom stereocenters. The van der Waals surface area contributed by atoms with E-state index in [1.54, 1.807) is 6.08 Å². The molecule has 2 aliphatic carbocycles. The molecule has 1 saturated carbocycles. The SMILES string of the molecule is C/C=C/C1CCC(CCc2cc(F)c(C3=Cc4cc(F)c(F)cc4C3)c(F)c2)CC1. The number of hydrogen-bond acceptors (Lipinski definition) is 0. The second-order valence-electron chi connectivity index (χ2n) is 8.59. The largest absolute Gasteiger partial charge is 0.206 e. The molecule has 0 nitrogen and oxygen atoms in total. The van der Waals surface area contributed by atoms with Crippen molar-refractivity contribution in [3.8, 4) is 0 Å². The van der Waals surface area contributed by atoms with Crippen molar-refractivity contribution < 1.29 is 17.6 Å². The second-order valence-corrected chi connectivity index (χ2v) is 8.59. The van der Waals surface area contributed by atoms with Crippen LogP contribution in [0, 0.1) is 35.1 Å². The molecule has 2 aromatic carbocycles. The third-order valence-electron chi connectivity index (χ3n) is 6.51. The quantitative estimate of drug-likeness (QED) is 0.348. The lowest BCUT2D eigenvalue weighted by Gasteiger charge is -2.26. The molecule has 0 aromatic heterocycles. The maximum atomic E-state index is 14.8. The van der Waals surface area contributed by atoms with Crippen molar-refractivity contribution in [2.75, 3.05) is 0 Å². The lowest BCUT2D eigenvalue weighted by Crippen LogP contribution is -2.13. The lowest BCUT2D eigenvalue weighted by molar-refractivity contribution is 0.296. The molecule has 2 aromatic rings. The molecule has 0 amide bonds. The van der Waals surface area contributed by atoms with Gasteiger partial charge in [-0.3, -0.25) is 0 Å². The van der Waals surface area contributed by atoms with E-state index in [-0.39, 0.29) is 12.0 Å². The number of halogens is 4. The molecule has 4 rings (SSSR count). The number of aryl methyl sites for hydroxylation is 1. The van der Waals surface area contributed by atoms with E-state index in [0.29, 0.717) is 40.5 Å². The van der Waals surface area contributed by atoms with Gasteiger partial charge in [-0.2, -0.15) is 0 Å². The van der Waals surface area contributed by atoms with E-state index in [2.05, 4.69) is 19.1 Å². The molecule has 0 saturated heterocycles. The molecule has 2 aliphatic rings. The molecular formula is C26H26F4. The monoisotopic (exact) mass is 414 g/mol. The fraction of sp³-hybridized carbons (Fsp3) is 0.385. The van der Waals surface area contributed by atoms with E-state index in [4.69, 9.17) is 0 Å². The number of hydrogen-bond donors (Lipinski definition) is 0. The van der Waals surface area contributed by atoms with Crippen molar-refractivity contribution >= 4 is 11.6 Å². The summed E-state index contributed by atoms with van der Waals surface area (Å²) < 4.78 is 56.5. The Morgan fingerprint density at radius 3 is 2.20 bits per heavy atom. The van der Waals surface area contributed by atoms with Crippen molar-refractivity contribution in [2.45, 2.75) is 51.9 Å². The van der Waals surface area contributed by atoms with Gasteiger partial charge in [-0.05, 0) is 110 Å². The van der Waals surface area contributed by atoms with E-state index < -0.39 is 23.3 Å². The topological polar surface area (TPSA) is 0 Å². The van der Waals surface area contributed by atoms with Gasteiger partial charge in [-0.15, -0.1) is 0 Å². The standard InChI is InChI=1S/C26H26F4/c1-2-3-16-4-6-17(7-5-16)8-9-18-10-24(29)26(25(30)11-18)21-12-19-14-22(27)23(28)15-20(19)13-21/h2-3,10-12,14-17H,4-9,13H2,1H3/b3-2+. The first-order valence-electron chi connectivity index (χ1n) is 10.7. The molecule has 0 N–H and O–H groups in total. The molecular weight excluding hydrogens is 388 g/mol. The molecule has 1 fully saturated rings. The van der Waals surface area contributed by atoms with Crippen LogP contribution in [0.1, 0.15) is 61.3 Å². The highest BCUT2D eigenvalue weighted by Crippen LogP contribution is 2.36. The summed E-state index contributed by atoms with van der Waals surface area (Å²) in [5.41, 5.74) is 2.00. The van der Waals surface area contributed by atoms with Gasteiger partial charge in [0.05, 0.1) is 0 Å². The zero-order valence-electron chi connectivity index (χ0n) is 17.2. The first-order chi connectivity index (χ1) is 14.4. The fourth-order valence-electron chi connectivity index (χ4n) is 4.88. The summed E-state index contributed by atoms with van der Waals surface area (Å²) in [5, 5.41) is 0. The van der Waals surface area contributed by atoms with Crippen LogP contribution in [0.15, 0.2) is 36.4 Å². The number of benzene rings is 2. The van der Waals surface area contributed by atoms with E-state index in [1.807, 2.05) is 0 Å². The third kappa shape index (κ3) is 4.38. The summed E-state index contributed by atoms with van der Waals surface area (Å²) in [7, 11) is 0. The number of allylic oxidation sites excluding steroid dienone is 3. The van der Waals surface area contributed by atoms with Gasteiger partial charge in [0.25, 0.3) is 0 Å². The minimum Gasteiger partial charge on any atom is -0.206 e. The van der Waals surface area contributed by atoms with Crippen LogP contribution in [0.25, 0.3) is 11.6 Å². The highest BCUT2D eigenvalue weighted by atomic mass is 19.2. The van der Waals surface area contributed by atoms with Gasteiger partial charge < -0.3 is 0 Å². The molecule has 30 heavy (non-hydrogen) atoms. The Hall–Kier alpha value is -2.36. The summed E-state index contributed by atoms with van der Waals surface area (Å²) in [6.45, 7) is 2.05. The normalized spacial score (nSPS) is 21.2. The van der Waals surface area contributed by atoms with E-state index in [9.17, 15) is 17.6 Å². The minimum atomic E-state index is -0.956. The average molecular weight is 414 g/mol. The van der Waals surface area contributed by atoms with Crippen LogP contribution in [0.2, 0.25) is 0 Å². The highest BCUT2D eigenvalue weighted by molar-refractivity contribution is 5.89. The molecule has 0 spiro atoms. The van der Waals surface area contributed by atoms with Crippen LogP contribution in [0.5, 0.6) is 0 Å². The fourth-order valence-corrected chi connectivity index (χ4v) is 4.88. The Morgan fingerprint density at radius 1 is 0.867 bits per heavy atom. The van der Waals surface area contributed by atoms with Gasteiger partial charge in [0.1, 0.15) is 11.6 Å². The van der Waals surface area contributed by atoms with Crippen LogP contribution < -0.4 is 0 Å². The van der Waals surface area contributed by atoms with Gasteiger partial charge in [-0.1, -0.05) is 18.2 Å². The predicted octanol–water partition coefficient (Wildman–Crippen LogP) is 7.65. The first-order valence-corrected chi connectivity index (χ1v) is 10.7. The van der Waals surface area contributed by atoms with Gasteiger partial charge in [0, 0.05) is 5.56 Å². The number of fused-ring (bicyclic) bond motifs is 1. The van der Waals surface area contributed by atoms with Crippen LogP contribution in [-0.4, -0.2) is 0 Å². The summed E-state index contributed by atoms with van der Waals surface area (Å²) in [4.78, 5) is 0. The highest BCUT2D eigenvalue weighted by Gasteiger charge is 2.23. The van der Waals surface area contributed by atoms with Gasteiger partial charge in [-0.25, -0.2) is 17.6 Å². The van der Waals surface area contributed by atoms with Crippen LogP contribution in [0.4, 0.5) is 17.6 Å². The Balaban J connectivity index is 1.44. The van der Waals surface area contributed by atoms with Crippen molar-refractivity contribution in [1.29, 1.82) is 0 Å². The van der Waals surface area contributed by atoms with Crippen LogP contribution in [0.3, 0.4) is 0 Å². The maximum absolute atomic E-state index is 14.8. The van der Waals surface area contributed by atoms with Crippen molar-refractivity contribution in [1.82, 2.24) is 0 Å². The zero-order chi connectivity index (χ0) is 21.3. The molecule has 4 heteroatoms. The first kappa shape index (κ1) is 20.9. The Labute approximate surface area is 175 Å². The number of rotatable bonds is 5. The van der Waals surface area contributed by atoms with E-state index in [1.165, 1.54) is 25.0 Å². The van der Waals surface area contributed by atoms with Crippen molar-refractivity contribution in [2.24, 2.45) is 11.8 Å². The van der Waals surface area contributed by atoms with Gasteiger partial charge in [0.15, 0.2) is 11.6 Å². The van der Waals surface area contributed by atoms with E-state index in [0.717, 1.165) is 31.4 Å². The molecule has 0 aliphatic heterocycles. The smallest absolute Gasteiger partial charge is 0.159 e. The Morgan fingerprint density at radius 2 is 1.53 bits per heavy atom. The summed E-state index contributed by atoms with van der Waals surface area (Å²) in [6, 6.07) is 5.00. The molecule has 0 bridgehead atoms. The summed E-state index contributed by atoms with van der Waals surface area (Å²) in [6.07, 6.45) is 12.4. The maximum Gasteiger partial charge on any atom is 0.159 e. The summed E-state index contributed by atoms with van der Waals surface area (Å²) >= 11 is 0. The molecule has 0 radical (unpaired) electrons. The Bertz CT molecular complexity index is 971. The van der Waals surface area contributed by atoms with Gasteiger partial charge in [0.2, 0.25) is 0 Å². The van der Waals surface area contributed by atoms with Crippen LogP contribution >= 0.6 is 0 Å². The van der Waals surface area contributed by atoms with Crippen molar-refractivity contribution in [3.05, 3.63) is 81.9 Å². The van der Waals surface area contributed by atoms with Crippen molar-refractivity contribution in [3.63, 3.8) is 0 Å². The lowest BCUT2D eigenvalue weighted by atomic mass is 9.79.